The predicted molar refractivity (Wildman–Crippen MR) is 203 cm³/mol. The third kappa shape index (κ3) is 5.38. The van der Waals surface area contributed by atoms with Crippen LogP contribution in [0.25, 0.3) is 78.4 Å². The smallest absolute Gasteiger partial charge is 0.0545 e. The highest BCUT2D eigenvalue weighted by molar-refractivity contribution is 6.11. The normalized spacial score (nSPS) is 11.1. The Bertz CT molecular complexity index is 2120. The van der Waals surface area contributed by atoms with Gasteiger partial charge in [-0.05, 0) is 47.2 Å². The van der Waals surface area contributed by atoms with Crippen molar-refractivity contribution in [2.75, 3.05) is 0 Å². The second kappa shape index (κ2) is 12.6. The molecule has 0 fully saturated rings. The summed E-state index contributed by atoms with van der Waals surface area (Å²) in [5, 5.41) is 0. The fourth-order valence-corrected chi connectivity index (χ4v) is 6.80. The van der Waals surface area contributed by atoms with E-state index in [4.69, 9.17) is 0 Å². The van der Waals surface area contributed by atoms with Crippen molar-refractivity contribution in [1.29, 1.82) is 0 Å². The van der Waals surface area contributed by atoms with Crippen LogP contribution >= 0.6 is 0 Å². The quantitative estimate of drug-likeness (QED) is 0.179. The first kappa shape index (κ1) is 29.3. The second-order valence-electron chi connectivity index (χ2n) is 12.4. The number of aryl methyl sites for hydroxylation is 2. The van der Waals surface area contributed by atoms with Gasteiger partial charge >= 0.3 is 0 Å². The van der Waals surface area contributed by atoms with Crippen LogP contribution in [0.15, 0.2) is 170 Å². The Balaban J connectivity index is 1.59. The van der Waals surface area contributed by atoms with E-state index in [0.29, 0.717) is 0 Å². The molecule has 8 rings (SSSR count). The van der Waals surface area contributed by atoms with Gasteiger partial charge in [-0.3, -0.25) is 0 Å². The summed E-state index contributed by atoms with van der Waals surface area (Å²) in [4.78, 5) is 8.00. The number of aromatic amines is 2. The summed E-state index contributed by atoms with van der Waals surface area (Å²) in [6.07, 6.45) is 0. The molecule has 0 saturated carbocycles. The third-order valence-electron chi connectivity index (χ3n) is 9.18. The van der Waals surface area contributed by atoms with Crippen LogP contribution in [-0.4, -0.2) is 9.97 Å². The fraction of sp³-hybridized carbons (Fsp3) is 0.0435. The van der Waals surface area contributed by atoms with Gasteiger partial charge in [0.25, 0.3) is 0 Å². The van der Waals surface area contributed by atoms with E-state index < -0.39 is 0 Å². The Kier molecular flexibility index (Phi) is 7.68. The lowest BCUT2D eigenvalue weighted by Crippen LogP contribution is -1.91. The highest BCUT2D eigenvalue weighted by Gasteiger charge is 2.30. The lowest BCUT2D eigenvalue weighted by Gasteiger charge is -2.15. The van der Waals surface area contributed by atoms with Gasteiger partial charge in [-0.1, -0.05) is 181 Å². The maximum Gasteiger partial charge on any atom is 0.0545 e. The van der Waals surface area contributed by atoms with Gasteiger partial charge in [0.1, 0.15) is 0 Å². The highest BCUT2D eigenvalue weighted by atomic mass is 14.8. The molecule has 0 aliphatic rings. The number of hydrogen-bond acceptors (Lipinski definition) is 0. The van der Waals surface area contributed by atoms with E-state index >= 15 is 0 Å². The van der Waals surface area contributed by atoms with E-state index in [0.717, 1.165) is 56.2 Å². The largest absolute Gasteiger partial charge is 0.353 e. The molecule has 0 aliphatic carbocycles. The molecule has 230 valence electrons. The monoisotopic (exact) mass is 616 g/mol. The number of hydrogen-bond donors (Lipinski definition) is 2. The molecule has 48 heavy (non-hydrogen) atoms. The van der Waals surface area contributed by atoms with Gasteiger partial charge in [-0.15, -0.1) is 0 Å². The average molecular weight is 617 g/mol. The van der Waals surface area contributed by atoms with Gasteiger partial charge in [0.05, 0.1) is 22.8 Å². The van der Waals surface area contributed by atoms with Crippen molar-refractivity contribution in [3.63, 3.8) is 0 Å². The summed E-state index contributed by atoms with van der Waals surface area (Å²) in [7, 11) is 0. The fourth-order valence-electron chi connectivity index (χ4n) is 6.80. The predicted octanol–water partition coefficient (Wildman–Crippen LogP) is 12.6. The van der Waals surface area contributed by atoms with Gasteiger partial charge in [-0.2, -0.15) is 0 Å². The summed E-state index contributed by atoms with van der Waals surface area (Å²) in [5.41, 5.74) is 18.5. The van der Waals surface area contributed by atoms with Crippen LogP contribution in [-0.2, 0) is 0 Å². The third-order valence-corrected chi connectivity index (χ3v) is 9.18. The van der Waals surface area contributed by atoms with E-state index in [1.165, 1.54) is 33.4 Å². The van der Waals surface area contributed by atoms with Gasteiger partial charge in [0, 0.05) is 22.3 Å². The molecule has 0 radical (unpaired) electrons. The molecule has 8 aromatic rings. The first-order valence-electron chi connectivity index (χ1n) is 16.5. The molecular formula is C46H36N2. The summed E-state index contributed by atoms with van der Waals surface area (Å²) in [6, 6.07) is 60.9. The number of H-pyrrole nitrogens is 2. The molecule has 0 aliphatic heterocycles. The zero-order chi connectivity index (χ0) is 32.5. The van der Waals surface area contributed by atoms with Crippen LogP contribution < -0.4 is 0 Å². The first-order valence-corrected chi connectivity index (χ1v) is 16.5. The molecule has 0 saturated heterocycles. The minimum absolute atomic E-state index is 1.09. The van der Waals surface area contributed by atoms with Crippen molar-refractivity contribution < 1.29 is 0 Å². The average Bonchev–Trinajstić information content (AvgIpc) is 3.73. The Morgan fingerprint density at radius 2 is 0.500 bits per heavy atom. The topological polar surface area (TPSA) is 31.6 Å². The molecule has 2 heteroatoms. The lowest BCUT2D eigenvalue weighted by molar-refractivity contribution is 1.37. The Hall–Kier alpha value is -6.12. The Morgan fingerprint density at radius 1 is 0.250 bits per heavy atom. The molecule has 2 heterocycles. The van der Waals surface area contributed by atoms with E-state index in [-0.39, 0.29) is 0 Å². The molecule has 2 nitrogen and oxygen atoms in total. The van der Waals surface area contributed by atoms with Gasteiger partial charge in [-0.25, -0.2) is 0 Å². The second-order valence-corrected chi connectivity index (χ2v) is 12.4. The number of aromatic nitrogens is 2. The summed E-state index contributed by atoms with van der Waals surface area (Å²) < 4.78 is 0. The lowest BCUT2D eigenvalue weighted by atomic mass is 9.85. The molecule has 0 bridgehead atoms. The van der Waals surface area contributed by atoms with Gasteiger partial charge in [0.2, 0.25) is 0 Å². The molecule has 0 unspecified atom stereocenters. The van der Waals surface area contributed by atoms with Crippen LogP contribution in [0.3, 0.4) is 0 Å². The molecule has 0 atom stereocenters. The standard InChI is InChI=1S/C46H36N2/c1-31-23-27-37(28-24-31)45-41(39(33-15-7-3-8-16-33)43(47-45)35-19-11-5-12-20-35)42-40(34-17-9-4-10-18-34)44(36-21-13-6-14-22-36)48-46(42)38-29-25-32(2)26-30-38/h3-30,47-48H,1-2H3. The molecule has 0 amide bonds. The molecule has 6 aromatic carbocycles. The summed E-state index contributed by atoms with van der Waals surface area (Å²) in [5.74, 6) is 0. The minimum atomic E-state index is 1.09. The number of benzene rings is 6. The highest BCUT2D eigenvalue weighted by Crippen LogP contribution is 2.54. The van der Waals surface area contributed by atoms with Crippen LogP contribution in [0.2, 0.25) is 0 Å². The molecule has 2 aromatic heterocycles. The molecule has 2 N–H and O–H groups in total. The number of rotatable bonds is 7. The Labute approximate surface area is 282 Å². The van der Waals surface area contributed by atoms with Crippen LogP contribution in [0.1, 0.15) is 11.1 Å². The van der Waals surface area contributed by atoms with E-state index in [1.54, 1.807) is 0 Å². The minimum Gasteiger partial charge on any atom is -0.353 e. The van der Waals surface area contributed by atoms with Crippen molar-refractivity contribution in [2.45, 2.75) is 13.8 Å². The molecular weight excluding hydrogens is 581 g/mol. The summed E-state index contributed by atoms with van der Waals surface area (Å²) >= 11 is 0. The molecule has 0 spiro atoms. The van der Waals surface area contributed by atoms with E-state index in [9.17, 15) is 0 Å². The zero-order valence-corrected chi connectivity index (χ0v) is 27.2. The van der Waals surface area contributed by atoms with Crippen molar-refractivity contribution in [1.82, 2.24) is 9.97 Å². The van der Waals surface area contributed by atoms with Crippen LogP contribution in [0, 0.1) is 13.8 Å². The van der Waals surface area contributed by atoms with Crippen molar-refractivity contribution in [3.8, 4) is 78.4 Å². The van der Waals surface area contributed by atoms with Gasteiger partial charge < -0.3 is 9.97 Å². The van der Waals surface area contributed by atoms with E-state index in [1.807, 2.05) is 0 Å². The Morgan fingerprint density at radius 3 is 0.812 bits per heavy atom. The number of nitrogens with one attached hydrogen (secondary N) is 2. The zero-order valence-electron chi connectivity index (χ0n) is 27.2. The van der Waals surface area contributed by atoms with Crippen LogP contribution in [0.5, 0.6) is 0 Å². The maximum absolute atomic E-state index is 4.00. The summed E-state index contributed by atoms with van der Waals surface area (Å²) in [6.45, 7) is 4.29. The van der Waals surface area contributed by atoms with Crippen LogP contribution in [0.4, 0.5) is 0 Å². The van der Waals surface area contributed by atoms with E-state index in [2.05, 4.69) is 194 Å². The SMILES string of the molecule is Cc1ccc(-c2[nH]c(-c3ccccc3)c(-c3ccccc3)c2-c2c(-c3ccc(C)cc3)[nH]c(-c3ccccc3)c2-c2ccccc2)cc1. The first-order chi connectivity index (χ1) is 23.7. The van der Waals surface area contributed by atoms with Crippen molar-refractivity contribution in [3.05, 3.63) is 181 Å². The van der Waals surface area contributed by atoms with Crippen molar-refractivity contribution in [2.24, 2.45) is 0 Å². The van der Waals surface area contributed by atoms with Gasteiger partial charge in [0.15, 0.2) is 0 Å². The van der Waals surface area contributed by atoms with Crippen molar-refractivity contribution >= 4 is 0 Å². The maximum atomic E-state index is 4.00.